The molecule has 28 heavy (non-hydrogen) atoms. The van der Waals surface area contributed by atoms with Crippen LogP contribution in [0, 0.1) is 0 Å². The average Bonchev–Trinajstić information content (AvgIpc) is 3.14. The SMILES string of the molecule is O=C(O)CCc1cc2n(n1)CCN(C(=O)c1cccc(-c3ccccc3)n1)C2. The van der Waals surface area contributed by atoms with Gasteiger partial charge < -0.3 is 10.0 Å². The van der Waals surface area contributed by atoms with Gasteiger partial charge in [-0.25, -0.2) is 4.98 Å². The van der Waals surface area contributed by atoms with Crippen LogP contribution in [-0.2, 0) is 24.3 Å². The number of hydrogen-bond acceptors (Lipinski definition) is 4. The summed E-state index contributed by atoms with van der Waals surface area (Å²) >= 11 is 0. The summed E-state index contributed by atoms with van der Waals surface area (Å²) in [6.45, 7) is 1.58. The van der Waals surface area contributed by atoms with Gasteiger partial charge in [0.15, 0.2) is 0 Å². The molecule has 0 atom stereocenters. The Bertz CT molecular complexity index is 1010. The molecule has 1 aliphatic rings. The van der Waals surface area contributed by atoms with Gasteiger partial charge in [0.1, 0.15) is 5.69 Å². The number of aryl methyl sites for hydroxylation is 1. The molecule has 0 unspecified atom stereocenters. The number of amides is 1. The van der Waals surface area contributed by atoms with Crippen molar-refractivity contribution in [1.29, 1.82) is 0 Å². The summed E-state index contributed by atoms with van der Waals surface area (Å²) in [6, 6.07) is 17.1. The van der Waals surface area contributed by atoms with Crippen molar-refractivity contribution in [3.05, 3.63) is 71.7 Å². The Morgan fingerprint density at radius 3 is 2.64 bits per heavy atom. The van der Waals surface area contributed by atoms with Crippen molar-refractivity contribution in [3.8, 4) is 11.3 Å². The number of aliphatic carboxylic acids is 1. The molecule has 1 aliphatic heterocycles. The molecule has 3 heterocycles. The maximum Gasteiger partial charge on any atom is 0.303 e. The van der Waals surface area contributed by atoms with Crippen LogP contribution in [0.2, 0.25) is 0 Å². The van der Waals surface area contributed by atoms with E-state index in [2.05, 4.69) is 10.1 Å². The molecular weight excluding hydrogens is 356 g/mol. The zero-order valence-corrected chi connectivity index (χ0v) is 15.3. The van der Waals surface area contributed by atoms with Crippen molar-refractivity contribution in [1.82, 2.24) is 19.7 Å². The van der Waals surface area contributed by atoms with Crippen molar-refractivity contribution in [2.24, 2.45) is 0 Å². The number of carbonyl (C=O) groups excluding carboxylic acids is 1. The topological polar surface area (TPSA) is 88.3 Å². The second-order valence-electron chi connectivity index (χ2n) is 6.74. The van der Waals surface area contributed by atoms with Gasteiger partial charge in [0.25, 0.3) is 5.91 Å². The fourth-order valence-corrected chi connectivity index (χ4v) is 3.34. The molecular formula is C21H20N4O3. The second kappa shape index (κ2) is 7.64. The summed E-state index contributed by atoms with van der Waals surface area (Å²) in [7, 11) is 0. The molecule has 4 rings (SSSR count). The van der Waals surface area contributed by atoms with Crippen molar-refractivity contribution in [2.75, 3.05) is 6.54 Å². The van der Waals surface area contributed by atoms with E-state index in [4.69, 9.17) is 5.11 Å². The number of carboxylic acid groups (broad SMARTS) is 1. The fraction of sp³-hybridized carbons (Fsp3) is 0.238. The van der Waals surface area contributed by atoms with Gasteiger partial charge in [-0.15, -0.1) is 0 Å². The van der Waals surface area contributed by atoms with Gasteiger partial charge in [-0.2, -0.15) is 5.10 Å². The molecule has 0 radical (unpaired) electrons. The molecule has 0 saturated heterocycles. The number of carboxylic acids is 1. The highest BCUT2D eigenvalue weighted by molar-refractivity contribution is 5.92. The standard InChI is InChI=1S/C21H20N4O3/c26-20(27)10-9-16-13-17-14-24(11-12-25(17)23-16)21(28)19-8-4-7-18(22-19)15-5-2-1-3-6-15/h1-8,13H,9-12,14H2,(H,26,27). The second-order valence-corrected chi connectivity index (χ2v) is 6.74. The molecule has 0 fully saturated rings. The van der Waals surface area contributed by atoms with Gasteiger partial charge in [0.05, 0.1) is 36.6 Å². The first-order valence-corrected chi connectivity index (χ1v) is 9.19. The highest BCUT2D eigenvalue weighted by atomic mass is 16.4. The summed E-state index contributed by atoms with van der Waals surface area (Å²) in [5.41, 5.74) is 3.82. The van der Waals surface area contributed by atoms with Crippen molar-refractivity contribution in [3.63, 3.8) is 0 Å². The minimum atomic E-state index is -0.841. The van der Waals surface area contributed by atoms with Crippen LogP contribution in [0.5, 0.6) is 0 Å². The molecule has 3 aromatic rings. The summed E-state index contributed by atoms with van der Waals surface area (Å²) < 4.78 is 1.86. The molecule has 1 amide bonds. The zero-order chi connectivity index (χ0) is 19.5. The van der Waals surface area contributed by atoms with Gasteiger partial charge in [-0.1, -0.05) is 36.4 Å². The van der Waals surface area contributed by atoms with Crippen LogP contribution in [0.3, 0.4) is 0 Å². The van der Waals surface area contributed by atoms with E-state index in [1.165, 1.54) is 0 Å². The molecule has 0 bridgehead atoms. The van der Waals surface area contributed by atoms with Crippen molar-refractivity contribution >= 4 is 11.9 Å². The van der Waals surface area contributed by atoms with Crippen LogP contribution < -0.4 is 0 Å². The molecule has 142 valence electrons. The van der Waals surface area contributed by atoms with E-state index in [0.717, 1.165) is 22.6 Å². The Hall–Kier alpha value is -3.48. The minimum absolute atomic E-state index is 0.0509. The van der Waals surface area contributed by atoms with Crippen LogP contribution in [0.4, 0.5) is 0 Å². The Kier molecular flexibility index (Phi) is 4.89. The zero-order valence-electron chi connectivity index (χ0n) is 15.3. The van der Waals surface area contributed by atoms with Crippen molar-refractivity contribution < 1.29 is 14.7 Å². The Morgan fingerprint density at radius 2 is 1.86 bits per heavy atom. The third-order valence-corrected chi connectivity index (χ3v) is 4.77. The van der Waals surface area contributed by atoms with E-state index >= 15 is 0 Å². The van der Waals surface area contributed by atoms with E-state index < -0.39 is 5.97 Å². The van der Waals surface area contributed by atoms with Gasteiger partial charge in [-0.05, 0) is 18.2 Å². The monoisotopic (exact) mass is 376 g/mol. The third kappa shape index (κ3) is 3.78. The first-order valence-electron chi connectivity index (χ1n) is 9.19. The molecule has 1 aromatic carbocycles. The Morgan fingerprint density at radius 1 is 1.04 bits per heavy atom. The lowest BCUT2D eigenvalue weighted by molar-refractivity contribution is -0.136. The maximum atomic E-state index is 13.0. The maximum absolute atomic E-state index is 13.0. The van der Waals surface area contributed by atoms with Crippen LogP contribution in [-0.4, -0.2) is 43.2 Å². The summed E-state index contributed by atoms with van der Waals surface area (Å²) in [5.74, 6) is -0.954. The predicted molar refractivity (Wildman–Crippen MR) is 103 cm³/mol. The molecule has 7 heteroatoms. The first kappa shape index (κ1) is 17.9. The molecule has 1 N–H and O–H groups in total. The van der Waals surface area contributed by atoms with Gasteiger partial charge in [-0.3, -0.25) is 14.3 Å². The molecule has 7 nitrogen and oxygen atoms in total. The van der Waals surface area contributed by atoms with Crippen LogP contribution in [0.1, 0.15) is 28.3 Å². The molecule has 0 saturated carbocycles. The first-order chi connectivity index (χ1) is 13.6. The predicted octanol–water partition coefficient (Wildman–Crippen LogP) is 2.62. The van der Waals surface area contributed by atoms with E-state index in [9.17, 15) is 9.59 Å². The average molecular weight is 376 g/mol. The van der Waals surface area contributed by atoms with Crippen LogP contribution in [0.15, 0.2) is 54.6 Å². The minimum Gasteiger partial charge on any atom is -0.481 e. The number of aromatic nitrogens is 3. The number of rotatable bonds is 5. The molecule has 2 aromatic heterocycles. The smallest absolute Gasteiger partial charge is 0.303 e. The number of carbonyl (C=O) groups is 2. The number of pyridine rings is 1. The fourth-order valence-electron chi connectivity index (χ4n) is 3.34. The largest absolute Gasteiger partial charge is 0.481 e. The van der Waals surface area contributed by atoms with Gasteiger partial charge >= 0.3 is 5.97 Å². The Balaban J connectivity index is 1.50. The summed E-state index contributed by atoms with van der Waals surface area (Å²) in [5, 5.41) is 13.3. The summed E-state index contributed by atoms with van der Waals surface area (Å²) in [6.07, 6.45) is 0.444. The number of hydrogen-bond donors (Lipinski definition) is 1. The highest BCUT2D eigenvalue weighted by Gasteiger charge is 2.24. The summed E-state index contributed by atoms with van der Waals surface area (Å²) in [4.78, 5) is 30.0. The van der Waals surface area contributed by atoms with Crippen LogP contribution >= 0.6 is 0 Å². The van der Waals surface area contributed by atoms with Crippen molar-refractivity contribution in [2.45, 2.75) is 25.9 Å². The quantitative estimate of drug-likeness (QED) is 0.739. The van der Waals surface area contributed by atoms with Gasteiger partial charge in [0.2, 0.25) is 0 Å². The lowest BCUT2D eigenvalue weighted by Gasteiger charge is -2.27. The third-order valence-electron chi connectivity index (χ3n) is 4.77. The molecule has 0 spiro atoms. The normalized spacial score (nSPS) is 13.2. The molecule has 0 aliphatic carbocycles. The van der Waals surface area contributed by atoms with Crippen LogP contribution in [0.25, 0.3) is 11.3 Å². The van der Waals surface area contributed by atoms with E-state index in [-0.39, 0.29) is 12.3 Å². The number of nitrogens with zero attached hydrogens (tertiary/aromatic N) is 4. The van der Waals surface area contributed by atoms with E-state index in [1.54, 1.807) is 11.0 Å². The lowest BCUT2D eigenvalue weighted by atomic mass is 10.1. The van der Waals surface area contributed by atoms with E-state index in [1.807, 2.05) is 53.2 Å². The Labute approximate surface area is 162 Å². The lowest BCUT2D eigenvalue weighted by Crippen LogP contribution is -2.38. The van der Waals surface area contributed by atoms with E-state index in [0.29, 0.717) is 31.7 Å². The number of benzene rings is 1. The number of fused-ring (bicyclic) bond motifs is 1. The highest BCUT2D eigenvalue weighted by Crippen LogP contribution is 2.20. The van der Waals surface area contributed by atoms with Gasteiger partial charge in [0, 0.05) is 18.5 Å².